The smallest absolute Gasteiger partial charge is 0.303 e. The molecule has 37 heavy (non-hydrogen) atoms. The van der Waals surface area contributed by atoms with Gasteiger partial charge in [0.15, 0.2) is 11.5 Å². The minimum atomic E-state index is -1.06. The van der Waals surface area contributed by atoms with Gasteiger partial charge in [-0.2, -0.15) is 0 Å². The highest BCUT2D eigenvalue weighted by atomic mass is 16.5. The molecule has 0 unspecified atom stereocenters. The number of aliphatic carboxylic acids is 1. The Bertz CT molecular complexity index is 1230. The number of Topliss-reactive ketones (excluding diaryl/α,β-unsaturated/α-hetero) is 1. The van der Waals surface area contributed by atoms with Crippen molar-refractivity contribution in [2.24, 2.45) is 16.3 Å². The van der Waals surface area contributed by atoms with Crippen LogP contribution in [0, 0.1) is 11.3 Å². The number of methoxy groups -OCH3 is 1. The Balaban J connectivity index is 1.92. The van der Waals surface area contributed by atoms with E-state index in [1.165, 1.54) is 0 Å². The summed E-state index contributed by atoms with van der Waals surface area (Å²) in [5, 5.41) is 9.27. The largest absolute Gasteiger partial charge is 0.493 e. The van der Waals surface area contributed by atoms with Crippen molar-refractivity contribution in [3.63, 3.8) is 0 Å². The van der Waals surface area contributed by atoms with Gasteiger partial charge in [-0.05, 0) is 48.1 Å². The molecule has 1 N–H and O–H groups in total. The van der Waals surface area contributed by atoms with E-state index in [9.17, 15) is 19.5 Å². The lowest BCUT2D eigenvalue weighted by Gasteiger charge is -2.41. The fourth-order valence-electron chi connectivity index (χ4n) is 5.28. The van der Waals surface area contributed by atoms with Gasteiger partial charge in [-0.15, -0.1) is 0 Å². The Hall–Kier alpha value is -3.68. The highest BCUT2D eigenvalue weighted by molar-refractivity contribution is 6.13. The first kappa shape index (κ1) is 26.4. The Kier molecular flexibility index (Phi) is 7.66. The SMILES string of the molecule is CCCOc1ccc([C@H]2[C@@H]3C(=O)CC(C)(C)CC3=Nc3ccccc3N2C(=O)CCC(=O)O)cc1OC. The Morgan fingerprint density at radius 2 is 1.86 bits per heavy atom. The first-order chi connectivity index (χ1) is 17.6. The van der Waals surface area contributed by atoms with Crippen molar-refractivity contribution < 1.29 is 29.0 Å². The summed E-state index contributed by atoms with van der Waals surface area (Å²) in [5.74, 6) is -1.01. The number of nitrogens with zero attached hydrogens (tertiary/aromatic N) is 2. The van der Waals surface area contributed by atoms with E-state index >= 15 is 0 Å². The van der Waals surface area contributed by atoms with Crippen molar-refractivity contribution in [3.05, 3.63) is 48.0 Å². The molecule has 0 spiro atoms. The van der Waals surface area contributed by atoms with E-state index in [0.29, 0.717) is 47.9 Å². The van der Waals surface area contributed by atoms with Crippen LogP contribution in [-0.2, 0) is 14.4 Å². The van der Waals surface area contributed by atoms with Gasteiger partial charge in [0, 0.05) is 18.6 Å². The molecule has 196 valence electrons. The van der Waals surface area contributed by atoms with Crippen molar-refractivity contribution in [3.8, 4) is 11.5 Å². The van der Waals surface area contributed by atoms with Gasteiger partial charge in [0.25, 0.3) is 0 Å². The quantitative estimate of drug-likeness (QED) is 0.506. The van der Waals surface area contributed by atoms with Gasteiger partial charge in [0.05, 0.1) is 43.5 Å². The number of hydrogen-bond acceptors (Lipinski definition) is 6. The van der Waals surface area contributed by atoms with Crippen molar-refractivity contribution >= 4 is 34.7 Å². The average Bonchev–Trinajstić information content (AvgIpc) is 2.99. The lowest BCUT2D eigenvalue weighted by Crippen LogP contribution is -2.47. The molecular formula is C29H34N2O6. The predicted octanol–water partition coefficient (Wildman–Crippen LogP) is 5.51. The van der Waals surface area contributed by atoms with Gasteiger partial charge in [-0.1, -0.05) is 39.0 Å². The maximum absolute atomic E-state index is 13.8. The summed E-state index contributed by atoms with van der Waals surface area (Å²) in [7, 11) is 1.55. The molecule has 0 aromatic heterocycles. The van der Waals surface area contributed by atoms with Crippen LogP contribution in [-0.4, -0.2) is 42.2 Å². The minimum Gasteiger partial charge on any atom is -0.493 e. The molecule has 8 nitrogen and oxygen atoms in total. The number of rotatable bonds is 8. The van der Waals surface area contributed by atoms with Gasteiger partial charge in [-0.25, -0.2) is 0 Å². The van der Waals surface area contributed by atoms with Crippen molar-refractivity contribution in [1.82, 2.24) is 0 Å². The second-order valence-corrected chi connectivity index (χ2v) is 10.4. The second kappa shape index (κ2) is 10.7. The molecule has 4 rings (SSSR count). The molecule has 0 radical (unpaired) electrons. The predicted molar refractivity (Wildman–Crippen MR) is 141 cm³/mol. The fourth-order valence-corrected chi connectivity index (χ4v) is 5.28. The van der Waals surface area contributed by atoms with Crippen LogP contribution >= 0.6 is 0 Å². The first-order valence-corrected chi connectivity index (χ1v) is 12.7. The number of carbonyl (C=O) groups excluding carboxylic acids is 2. The Morgan fingerprint density at radius 1 is 1.11 bits per heavy atom. The van der Waals surface area contributed by atoms with Crippen LogP contribution in [0.2, 0.25) is 0 Å². The Morgan fingerprint density at radius 3 is 2.57 bits per heavy atom. The van der Waals surface area contributed by atoms with E-state index in [2.05, 4.69) is 0 Å². The third kappa shape index (κ3) is 5.53. The van der Waals surface area contributed by atoms with Crippen molar-refractivity contribution in [2.45, 2.75) is 58.9 Å². The van der Waals surface area contributed by atoms with Crippen LogP contribution in [0.25, 0.3) is 0 Å². The van der Waals surface area contributed by atoms with Crippen LogP contribution in [0.4, 0.5) is 11.4 Å². The standard InChI is InChI=1S/C29H34N2O6/c1-5-14-37-23-11-10-18(15-24(23)36-4)28-27-20(16-29(2,3)17-22(27)32)30-19-8-6-7-9-21(19)31(28)25(33)12-13-26(34)35/h6-11,15,27-28H,5,12-14,16-17H2,1-4H3,(H,34,35)/t27-,28-/m0/s1. The zero-order chi connectivity index (χ0) is 26.7. The zero-order valence-corrected chi connectivity index (χ0v) is 21.8. The minimum absolute atomic E-state index is 0.00844. The summed E-state index contributed by atoms with van der Waals surface area (Å²) in [6.07, 6.45) is 1.30. The number of ether oxygens (including phenoxy) is 2. The molecule has 2 aromatic carbocycles. The molecule has 1 aliphatic carbocycles. The third-order valence-electron chi connectivity index (χ3n) is 6.83. The van der Waals surface area contributed by atoms with Crippen LogP contribution < -0.4 is 14.4 Å². The molecular weight excluding hydrogens is 472 g/mol. The molecule has 2 aliphatic rings. The molecule has 0 bridgehead atoms. The first-order valence-electron chi connectivity index (χ1n) is 12.7. The van der Waals surface area contributed by atoms with Crippen LogP contribution in [0.5, 0.6) is 11.5 Å². The molecule has 8 heteroatoms. The number of fused-ring (bicyclic) bond motifs is 2. The molecule has 1 amide bonds. The van der Waals surface area contributed by atoms with Gasteiger partial charge >= 0.3 is 5.97 Å². The van der Waals surface area contributed by atoms with Crippen molar-refractivity contribution in [2.75, 3.05) is 18.6 Å². The number of carbonyl (C=O) groups is 3. The molecule has 2 aromatic rings. The number of ketones is 1. The van der Waals surface area contributed by atoms with Crippen LogP contribution in [0.1, 0.15) is 64.5 Å². The van der Waals surface area contributed by atoms with E-state index < -0.39 is 17.9 Å². The number of aliphatic imine (C=N–C) groups is 1. The van der Waals surface area contributed by atoms with Gasteiger partial charge < -0.3 is 19.5 Å². The molecule has 2 atom stereocenters. The van der Waals surface area contributed by atoms with E-state index in [1.54, 1.807) is 24.1 Å². The summed E-state index contributed by atoms with van der Waals surface area (Å²) < 4.78 is 11.5. The maximum atomic E-state index is 13.8. The fraction of sp³-hybridized carbons (Fsp3) is 0.448. The van der Waals surface area contributed by atoms with Gasteiger partial charge in [0.2, 0.25) is 5.91 Å². The van der Waals surface area contributed by atoms with Crippen molar-refractivity contribution in [1.29, 1.82) is 0 Å². The zero-order valence-electron chi connectivity index (χ0n) is 21.8. The summed E-state index contributed by atoms with van der Waals surface area (Å²) in [4.78, 5) is 45.3. The molecule has 1 aliphatic heterocycles. The number of amides is 1. The number of carboxylic acid groups (broad SMARTS) is 1. The number of para-hydroxylation sites is 2. The lowest BCUT2D eigenvalue weighted by molar-refractivity contribution is -0.138. The van der Waals surface area contributed by atoms with Crippen LogP contribution in [0.15, 0.2) is 47.5 Å². The summed E-state index contributed by atoms with van der Waals surface area (Å²) >= 11 is 0. The molecule has 1 fully saturated rings. The highest BCUT2D eigenvalue weighted by Gasteiger charge is 2.47. The van der Waals surface area contributed by atoms with E-state index in [4.69, 9.17) is 14.5 Å². The molecule has 1 heterocycles. The number of carboxylic acids is 1. The second-order valence-electron chi connectivity index (χ2n) is 10.4. The summed E-state index contributed by atoms with van der Waals surface area (Å²) in [6.45, 7) is 6.64. The monoisotopic (exact) mass is 506 g/mol. The van der Waals surface area contributed by atoms with Gasteiger partial charge in [0.1, 0.15) is 5.78 Å². The number of benzene rings is 2. The summed E-state index contributed by atoms with van der Waals surface area (Å²) in [6, 6.07) is 12.0. The van der Waals surface area contributed by atoms with E-state index in [-0.39, 0.29) is 29.9 Å². The Labute approximate surface area is 217 Å². The normalized spacial score (nSPS) is 20.3. The molecule has 1 saturated carbocycles. The van der Waals surface area contributed by atoms with E-state index in [1.807, 2.05) is 51.1 Å². The topological polar surface area (TPSA) is 106 Å². The average molecular weight is 507 g/mol. The lowest BCUT2D eigenvalue weighted by atomic mass is 9.68. The molecule has 0 saturated heterocycles. The van der Waals surface area contributed by atoms with E-state index in [0.717, 1.165) is 12.1 Å². The number of hydrogen-bond donors (Lipinski definition) is 1. The van der Waals surface area contributed by atoms with Crippen LogP contribution in [0.3, 0.4) is 0 Å². The number of anilines is 1. The highest BCUT2D eigenvalue weighted by Crippen LogP contribution is 2.49. The summed E-state index contributed by atoms with van der Waals surface area (Å²) in [5.41, 5.74) is 2.32. The van der Waals surface area contributed by atoms with Gasteiger partial charge in [-0.3, -0.25) is 19.4 Å². The maximum Gasteiger partial charge on any atom is 0.303 e. The third-order valence-corrected chi connectivity index (χ3v) is 6.83.